The first-order chi connectivity index (χ1) is 12.0. The molecular weight excluding hydrogens is 339 g/mol. The molecule has 1 aliphatic carbocycles. The van der Waals surface area contributed by atoms with Crippen LogP contribution in [0.25, 0.3) is 5.69 Å². The SMILES string of the molecule is C[C@@H](c1nnc(S[C@H]2CCCCC2=O)n1-c1ccc(F)cc1)N(C)C. The van der Waals surface area contributed by atoms with E-state index in [2.05, 4.69) is 10.2 Å². The molecule has 0 saturated heterocycles. The molecule has 1 fully saturated rings. The van der Waals surface area contributed by atoms with Crippen LogP contribution in [0.15, 0.2) is 29.4 Å². The van der Waals surface area contributed by atoms with Crippen molar-refractivity contribution < 1.29 is 9.18 Å². The summed E-state index contributed by atoms with van der Waals surface area (Å²) in [6, 6.07) is 6.34. The average Bonchev–Trinajstić information content (AvgIpc) is 3.00. The van der Waals surface area contributed by atoms with Gasteiger partial charge in [0.25, 0.3) is 0 Å². The van der Waals surface area contributed by atoms with E-state index in [1.807, 2.05) is 30.5 Å². The van der Waals surface area contributed by atoms with Crippen LogP contribution in [0.5, 0.6) is 0 Å². The molecule has 1 aliphatic rings. The van der Waals surface area contributed by atoms with Gasteiger partial charge in [0.1, 0.15) is 11.6 Å². The number of halogens is 1. The lowest BCUT2D eigenvalue weighted by atomic mass is 9.99. The van der Waals surface area contributed by atoms with Gasteiger partial charge in [-0.05, 0) is 58.1 Å². The molecule has 5 nitrogen and oxygen atoms in total. The molecule has 7 heteroatoms. The minimum Gasteiger partial charge on any atom is -0.300 e. The topological polar surface area (TPSA) is 51.0 Å². The van der Waals surface area contributed by atoms with Crippen molar-refractivity contribution >= 4 is 17.5 Å². The molecule has 25 heavy (non-hydrogen) atoms. The number of thioether (sulfide) groups is 1. The van der Waals surface area contributed by atoms with Crippen LogP contribution in [0.3, 0.4) is 0 Å². The van der Waals surface area contributed by atoms with Crippen molar-refractivity contribution in [3.63, 3.8) is 0 Å². The number of benzene rings is 1. The standard InChI is InChI=1S/C18H23FN4OS/c1-12(22(2)3)17-20-21-18(25-16-7-5-4-6-15(16)24)23(17)14-10-8-13(19)9-11-14/h8-12,16H,4-7H2,1-3H3/t12-,16-/m0/s1. The van der Waals surface area contributed by atoms with Gasteiger partial charge in [0.15, 0.2) is 11.0 Å². The molecule has 1 aromatic carbocycles. The van der Waals surface area contributed by atoms with Gasteiger partial charge in [-0.3, -0.25) is 14.3 Å². The number of hydrogen-bond donors (Lipinski definition) is 0. The first-order valence-electron chi connectivity index (χ1n) is 8.54. The van der Waals surface area contributed by atoms with Crippen LogP contribution >= 0.6 is 11.8 Å². The predicted molar refractivity (Wildman–Crippen MR) is 96.5 cm³/mol. The first kappa shape index (κ1) is 18.1. The van der Waals surface area contributed by atoms with Gasteiger partial charge in [-0.2, -0.15) is 0 Å². The Morgan fingerprint density at radius 1 is 1.24 bits per heavy atom. The van der Waals surface area contributed by atoms with Crippen LogP contribution in [-0.2, 0) is 4.79 Å². The van der Waals surface area contributed by atoms with E-state index >= 15 is 0 Å². The number of rotatable bonds is 5. The summed E-state index contributed by atoms with van der Waals surface area (Å²) < 4.78 is 15.3. The van der Waals surface area contributed by atoms with E-state index in [1.54, 1.807) is 12.1 Å². The molecule has 0 N–H and O–H groups in total. The third-order valence-electron chi connectivity index (χ3n) is 4.64. The van der Waals surface area contributed by atoms with Crippen molar-refractivity contribution in [2.45, 2.75) is 49.1 Å². The van der Waals surface area contributed by atoms with E-state index in [1.165, 1.54) is 23.9 Å². The zero-order valence-electron chi connectivity index (χ0n) is 14.8. The highest BCUT2D eigenvalue weighted by Crippen LogP contribution is 2.33. The second-order valence-electron chi connectivity index (χ2n) is 6.61. The van der Waals surface area contributed by atoms with Gasteiger partial charge in [-0.25, -0.2) is 4.39 Å². The Bertz CT molecular complexity index is 744. The smallest absolute Gasteiger partial charge is 0.196 e. The van der Waals surface area contributed by atoms with E-state index in [0.717, 1.165) is 30.8 Å². The van der Waals surface area contributed by atoms with Crippen molar-refractivity contribution in [3.05, 3.63) is 35.9 Å². The molecule has 2 atom stereocenters. The Kier molecular flexibility index (Phi) is 5.54. The molecule has 0 aliphatic heterocycles. The number of hydrogen-bond acceptors (Lipinski definition) is 5. The Balaban J connectivity index is 2.00. The third-order valence-corrected chi connectivity index (χ3v) is 5.90. The lowest BCUT2D eigenvalue weighted by Crippen LogP contribution is -2.23. The number of ketones is 1. The third kappa shape index (κ3) is 3.93. The maximum absolute atomic E-state index is 13.3. The monoisotopic (exact) mass is 362 g/mol. The Morgan fingerprint density at radius 3 is 2.60 bits per heavy atom. The molecule has 0 unspecified atom stereocenters. The van der Waals surface area contributed by atoms with Crippen LogP contribution in [0.1, 0.15) is 44.5 Å². The fraction of sp³-hybridized carbons (Fsp3) is 0.500. The maximum Gasteiger partial charge on any atom is 0.196 e. The summed E-state index contributed by atoms with van der Waals surface area (Å²) in [5.74, 6) is 0.783. The number of Topliss-reactive ketones (excluding diaryl/α,β-unsaturated/α-hetero) is 1. The molecule has 2 aromatic rings. The van der Waals surface area contributed by atoms with Gasteiger partial charge in [0.2, 0.25) is 0 Å². The molecule has 134 valence electrons. The molecule has 0 radical (unpaired) electrons. The molecule has 0 bridgehead atoms. The number of nitrogens with zero attached hydrogens (tertiary/aromatic N) is 4. The fourth-order valence-electron chi connectivity index (χ4n) is 2.89. The largest absolute Gasteiger partial charge is 0.300 e. The van der Waals surface area contributed by atoms with Crippen molar-refractivity contribution in [2.24, 2.45) is 0 Å². The molecule has 3 rings (SSSR count). The Labute approximate surface area is 151 Å². The minimum atomic E-state index is -0.282. The molecule has 1 heterocycles. The average molecular weight is 362 g/mol. The van der Waals surface area contributed by atoms with Crippen LogP contribution in [0, 0.1) is 5.82 Å². The second kappa shape index (κ2) is 7.66. The van der Waals surface area contributed by atoms with E-state index in [0.29, 0.717) is 11.6 Å². The number of aromatic nitrogens is 3. The molecule has 1 saturated carbocycles. The minimum absolute atomic E-state index is 0.0361. The van der Waals surface area contributed by atoms with Gasteiger partial charge < -0.3 is 0 Å². The van der Waals surface area contributed by atoms with Gasteiger partial charge in [-0.1, -0.05) is 18.2 Å². The Hall–Kier alpha value is -1.73. The normalized spacial score (nSPS) is 19.4. The summed E-state index contributed by atoms with van der Waals surface area (Å²) in [6.07, 6.45) is 3.56. The van der Waals surface area contributed by atoms with Crippen LogP contribution in [0.2, 0.25) is 0 Å². The van der Waals surface area contributed by atoms with E-state index in [9.17, 15) is 9.18 Å². The summed E-state index contributed by atoms with van der Waals surface area (Å²) in [4.78, 5) is 14.2. The van der Waals surface area contributed by atoms with Gasteiger partial charge in [0.05, 0.1) is 11.3 Å². The Morgan fingerprint density at radius 2 is 1.96 bits per heavy atom. The predicted octanol–water partition coefficient (Wildman–Crippen LogP) is 3.63. The van der Waals surface area contributed by atoms with Crippen LogP contribution in [-0.4, -0.2) is 44.8 Å². The van der Waals surface area contributed by atoms with Crippen molar-refractivity contribution in [2.75, 3.05) is 14.1 Å². The van der Waals surface area contributed by atoms with E-state index in [-0.39, 0.29) is 22.9 Å². The summed E-state index contributed by atoms with van der Waals surface area (Å²) in [7, 11) is 3.96. The number of carbonyl (C=O) groups is 1. The van der Waals surface area contributed by atoms with E-state index < -0.39 is 0 Å². The quantitative estimate of drug-likeness (QED) is 0.813. The van der Waals surface area contributed by atoms with E-state index in [4.69, 9.17) is 0 Å². The highest BCUT2D eigenvalue weighted by molar-refractivity contribution is 8.00. The maximum atomic E-state index is 13.3. The highest BCUT2D eigenvalue weighted by Gasteiger charge is 2.28. The summed E-state index contributed by atoms with van der Waals surface area (Å²) in [5, 5.41) is 9.34. The molecular formula is C18H23FN4OS. The lowest BCUT2D eigenvalue weighted by Gasteiger charge is -2.22. The zero-order chi connectivity index (χ0) is 18.0. The summed E-state index contributed by atoms with van der Waals surface area (Å²) in [5.41, 5.74) is 0.806. The van der Waals surface area contributed by atoms with Crippen molar-refractivity contribution in [1.29, 1.82) is 0 Å². The number of carbonyl (C=O) groups excluding carboxylic acids is 1. The summed E-state index contributed by atoms with van der Waals surface area (Å²) in [6.45, 7) is 2.05. The summed E-state index contributed by atoms with van der Waals surface area (Å²) >= 11 is 1.48. The lowest BCUT2D eigenvalue weighted by molar-refractivity contribution is -0.119. The molecule has 0 amide bonds. The zero-order valence-corrected chi connectivity index (χ0v) is 15.6. The van der Waals surface area contributed by atoms with Gasteiger partial charge >= 0.3 is 0 Å². The van der Waals surface area contributed by atoms with Gasteiger partial charge in [0, 0.05) is 12.1 Å². The van der Waals surface area contributed by atoms with Gasteiger partial charge in [-0.15, -0.1) is 10.2 Å². The van der Waals surface area contributed by atoms with Crippen molar-refractivity contribution in [3.8, 4) is 5.69 Å². The van der Waals surface area contributed by atoms with Crippen LogP contribution in [0.4, 0.5) is 4.39 Å². The first-order valence-corrected chi connectivity index (χ1v) is 9.42. The fourth-order valence-corrected chi connectivity index (χ4v) is 4.08. The second-order valence-corrected chi connectivity index (χ2v) is 7.78. The van der Waals surface area contributed by atoms with Crippen LogP contribution < -0.4 is 0 Å². The molecule has 1 aromatic heterocycles. The van der Waals surface area contributed by atoms with Crippen molar-refractivity contribution in [1.82, 2.24) is 19.7 Å². The molecule has 0 spiro atoms. The highest BCUT2D eigenvalue weighted by atomic mass is 32.2.